The number of carbonyl (C=O) groups is 1. The SMILES string of the molecule is CNc1ccccc1C(=O)OC[C@H]1O[C@@H](O[C@H]2C[C@]3(CO)[C@@H](O)C[C@]4(C)C(=CC[C@@H]5[C@@]6(C)CC[C@H](O[C@@H]7O[C@H](CO[C@@H]8O[C@H](CO[C@@H]9OC[C@@H](O)[C@H](O)[C@H]9O)[C@@H](O)[C@H](O)[C@H]8O)[C@@H](O)[C@H](O)[C@H]7O)[C@@](C)(CO)[C@@H]6CC[C@]54C)[C@@H]3CC2(C)C)[C@H](O)[C@@H](O)[C@@H]1O. The zero-order valence-corrected chi connectivity index (χ0v) is 50.5. The summed E-state index contributed by atoms with van der Waals surface area (Å²) in [6.07, 6.45) is -26.8. The Morgan fingerprint density at radius 3 is 1.75 bits per heavy atom. The van der Waals surface area contributed by atoms with Crippen molar-refractivity contribution in [2.45, 2.75) is 228 Å². The van der Waals surface area contributed by atoms with Crippen LogP contribution < -0.4 is 5.32 Å². The van der Waals surface area contributed by atoms with Crippen LogP contribution in [-0.2, 0) is 42.6 Å². The Morgan fingerprint density at radius 1 is 0.598 bits per heavy atom. The minimum absolute atomic E-state index is 0.0371. The van der Waals surface area contributed by atoms with Gasteiger partial charge in [0.2, 0.25) is 0 Å². The van der Waals surface area contributed by atoms with Gasteiger partial charge in [-0.1, -0.05) is 65.3 Å². The van der Waals surface area contributed by atoms with Crippen molar-refractivity contribution in [2.75, 3.05) is 52.0 Å². The van der Waals surface area contributed by atoms with Crippen molar-refractivity contribution in [1.82, 2.24) is 0 Å². The molecule has 16 N–H and O–H groups in total. The lowest BCUT2D eigenvalue weighted by Gasteiger charge is -2.72. The molecule has 0 amide bonds. The van der Waals surface area contributed by atoms with E-state index in [1.54, 1.807) is 31.3 Å². The van der Waals surface area contributed by atoms with Crippen LogP contribution in [-0.4, -0.2) is 264 Å². The summed E-state index contributed by atoms with van der Waals surface area (Å²) >= 11 is 0. The first kappa shape index (κ1) is 67.2. The van der Waals surface area contributed by atoms with Gasteiger partial charge in [0, 0.05) is 23.6 Å². The first-order valence-electron chi connectivity index (χ1n) is 30.8. The van der Waals surface area contributed by atoms with E-state index in [1.165, 1.54) is 0 Å². The second-order valence-electron chi connectivity index (χ2n) is 28.2. The quantitative estimate of drug-likeness (QED) is 0.0479. The standard InChI is InChI=1S/C61H95NO25/c1-56(2)18-29-28-12-13-36-57(3)16-15-38(86-54-49(76)46(73)43(70)34(85-54)24-82-53-48(75)44(71)42(69)33(83-53)23-81-52-47(74)40(67)31(65)21-80-52)58(4,25-63)35(57)14-17-59(36,5)60(28,6)19-37(66)61(29,26-64)20-39(56)87-55-50(77)45(72)41(68)32(84-55)22-79-51(78)27-10-8-9-11-30(27)62-7/h8-12,29,31-50,52-55,62-77H,13-26H2,1-7H3/t29-,31+,32+,33+,34+,35+,36+,37-,38-,39-,40-,41+,42+,43+,44-,45-,46-,47+,48+,49+,50+,52-,53+,54-,55-,57-,58-,59+,60+,61+/m0/s1. The minimum atomic E-state index is -1.84. The zero-order chi connectivity index (χ0) is 63.2. The molecule has 0 radical (unpaired) electrons. The molecule has 26 nitrogen and oxygen atoms in total. The maximum absolute atomic E-state index is 13.1. The molecule has 9 aliphatic rings. The summed E-state index contributed by atoms with van der Waals surface area (Å²) < 4.78 is 53.3. The highest BCUT2D eigenvalue weighted by molar-refractivity contribution is 5.95. The Hall–Kier alpha value is -2.69. The molecule has 30 atom stereocenters. The van der Waals surface area contributed by atoms with Crippen LogP contribution in [0.5, 0.6) is 0 Å². The Kier molecular flexibility index (Phi) is 19.6. The molecule has 1 aromatic carbocycles. The third-order valence-electron chi connectivity index (χ3n) is 23.1. The van der Waals surface area contributed by atoms with E-state index in [1.807, 2.05) is 20.8 Å². The largest absolute Gasteiger partial charge is 0.459 e. The van der Waals surface area contributed by atoms with E-state index in [0.717, 1.165) is 5.57 Å². The van der Waals surface area contributed by atoms with Crippen LogP contribution in [0.1, 0.15) is 103 Å². The second-order valence-corrected chi connectivity index (χ2v) is 28.2. The fraction of sp³-hybridized carbons (Fsp3) is 0.852. The number of esters is 1. The van der Waals surface area contributed by atoms with Crippen LogP contribution in [0.15, 0.2) is 35.9 Å². The van der Waals surface area contributed by atoms with E-state index >= 15 is 0 Å². The van der Waals surface area contributed by atoms with Crippen molar-refractivity contribution < 1.29 is 124 Å². The van der Waals surface area contributed by atoms with Gasteiger partial charge >= 0.3 is 5.97 Å². The van der Waals surface area contributed by atoms with E-state index < -0.39 is 193 Å². The molecule has 494 valence electrons. The number of para-hydroxylation sites is 1. The highest BCUT2D eigenvalue weighted by Crippen LogP contribution is 2.76. The lowest BCUT2D eigenvalue weighted by Crippen LogP contribution is -2.69. The number of allylic oxidation sites excluding steroid dienone is 2. The molecule has 4 saturated heterocycles. The van der Waals surface area contributed by atoms with Crippen molar-refractivity contribution in [2.24, 2.45) is 50.2 Å². The van der Waals surface area contributed by atoms with Crippen molar-refractivity contribution in [3.8, 4) is 0 Å². The molecule has 26 heteroatoms. The third-order valence-corrected chi connectivity index (χ3v) is 23.1. The topological polar surface area (TPSA) is 416 Å². The van der Waals surface area contributed by atoms with Gasteiger partial charge in [0.15, 0.2) is 25.2 Å². The van der Waals surface area contributed by atoms with Gasteiger partial charge in [0.25, 0.3) is 0 Å². The molecule has 1 aromatic rings. The summed E-state index contributed by atoms with van der Waals surface area (Å²) in [5.74, 6) is -1.11. The summed E-state index contributed by atoms with van der Waals surface area (Å²) in [6, 6.07) is 6.71. The summed E-state index contributed by atoms with van der Waals surface area (Å²) in [5, 5.41) is 169. The van der Waals surface area contributed by atoms with Crippen LogP contribution in [0.4, 0.5) is 5.69 Å². The summed E-state index contributed by atoms with van der Waals surface area (Å²) in [7, 11) is 1.66. The number of aliphatic hydroxyl groups is 15. The number of nitrogens with one attached hydrogen (secondary N) is 1. The second kappa shape index (κ2) is 25.3. The Labute approximate surface area is 505 Å². The van der Waals surface area contributed by atoms with Crippen molar-refractivity contribution in [1.29, 1.82) is 0 Å². The molecular formula is C61H95NO25. The molecular weight excluding hydrogens is 1150 g/mol. The number of fused-ring (bicyclic) bond motifs is 7. The molecule has 10 rings (SSSR count). The number of benzene rings is 1. The van der Waals surface area contributed by atoms with Gasteiger partial charge in [0.05, 0.1) is 56.9 Å². The fourth-order valence-electron chi connectivity index (χ4n) is 17.4. The monoisotopic (exact) mass is 1240 g/mol. The molecule has 0 unspecified atom stereocenters. The molecule has 8 fully saturated rings. The number of hydrogen-bond acceptors (Lipinski definition) is 26. The molecule has 5 aliphatic carbocycles. The maximum atomic E-state index is 13.1. The third kappa shape index (κ3) is 11.5. The average molecular weight is 1240 g/mol. The zero-order valence-electron chi connectivity index (χ0n) is 50.5. The van der Waals surface area contributed by atoms with Gasteiger partial charge in [-0.15, -0.1) is 0 Å². The van der Waals surface area contributed by atoms with Crippen LogP contribution in [0.25, 0.3) is 0 Å². The molecule has 4 aliphatic heterocycles. The Balaban J connectivity index is 0.809. The molecule has 0 spiro atoms. The smallest absolute Gasteiger partial charge is 0.340 e. The van der Waals surface area contributed by atoms with E-state index in [0.29, 0.717) is 50.6 Å². The van der Waals surface area contributed by atoms with E-state index in [-0.39, 0.29) is 49.6 Å². The summed E-state index contributed by atoms with van der Waals surface area (Å²) in [4.78, 5) is 13.1. The number of carbonyl (C=O) groups excluding carboxylic acids is 1. The van der Waals surface area contributed by atoms with Gasteiger partial charge < -0.3 is 125 Å². The van der Waals surface area contributed by atoms with Gasteiger partial charge in [-0.25, -0.2) is 4.79 Å². The Morgan fingerprint density at radius 2 is 1.15 bits per heavy atom. The summed E-state index contributed by atoms with van der Waals surface area (Å²) in [5.41, 5.74) is -2.13. The van der Waals surface area contributed by atoms with E-state index in [4.69, 9.17) is 42.6 Å². The molecule has 4 saturated carbocycles. The molecule has 0 bridgehead atoms. The lowest BCUT2D eigenvalue weighted by atomic mass is 9.33. The van der Waals surface area contributed by atoms with Crippen molar-refractivity contribution in [3.63, 3.8) is 0 Å². The van der Waals surface area contributed by atoms with E-state index in [9.17, 15) is 81.4 Å². The number of rotatable bonds is 16. The highest BCUT2D eigenvalue weighted by Gasteiger charge is 2.72. The fourth-order valence-corrected chi connectivity index (χ4v) is 17.4. The highest BCUT2D eigenvalue weighted by atomic mass is 16.7. The number of anilines is 1. The van der Waals surface area contributed by atoms with Crippen molar-refractivity contribution >= 4 is 11.7 Å². The predicted octanol–water partition coefficient (Wildman–Crippen LogP) is -2.10. The first-order chi connectivity index (χ1) is 41.0. The maximum Gasteiger partial charge on any atom is 0.340 e. The van der Waals surface area contributed by atoms with Crippen LogP contribution in [0.3, 0.4) is 0 Å². The minimum Gasteiger partial charge on any atom is -0.459 e. The van der Waals surface area contributed by atoms with Gasteiger partial charge in [-0.05, 0) is 103 Å². The van der Waals surface area contributed by atoms with Crippen LogP contribution in [0, 0.1) is 50.2 Å². The molecule has 87 heavy (non-hydrogen) atoms. The van der Waals surface area contributed by atoms with Crippen molar-refractivity contribution in [3.05, 3.63) is 41.5 Å². The Bertz CT molecular complexity index is 2590. The normalized spacial score (nSPS) is 50.6. The van der Waals surface area contributed by atoms with Crippen LogP contribution in [0.2, 0.25) is 0 Å². The molecule has 4 heterocycles. The molecule has 0 aromatic heterocycles. The number of aliphatic hydroxyl groups excluding tert-OH is 15. The summed E-state index contributed by atoms with van der Waals surface area (Å²) in [6.45, 7) is 10.1. The number of hydrogen-bond donors (Lipinski definition) is 16. The lowest BCUT2D eigenvalue weighted by molar-refractivity contribution is -0.350. The van der Waals surface area contributed by atoms with Gasteiger partial charge in [-0.3, -0.25) is 0 Å². The number of ether oxygens (including phenoxy) is 9. The van der Waals surface area contributed by atoms with E-state index in [2.05, 4.69) is 32.2 Å². The first-order valence-corrected chi connectivity index (χ1v) is 30.8. The van der Waals surface area contributed by atoms with Gasteiger partial charge in [0.1, 0.15) is 98.2 Å². The average Bonchev–Trinajstić information content (AvgIpc) is 0.696. The predicted molar refractivity (Wildman–Crippen MR) is 300 cm³/mol. The van der Waals surface area contributed by atoms with Gasteiger partial charge in [-0.2, -0.15) is 0 Å². The van der Waals surface area contributed by atoms with Crippen LogP contribution >= 0.6 is 0 Å².